The van der Waals surface area contributed by atoms with E-state index in [-0.39, 0.29) is 5.54 Å². The van der Waals surface area contributed by atoms with Gasteiger partial charge in [0.1, 0.15) is 0 Å². The van der Waals surface area contributed by atoms with Gasteiger partial charge in [-0.1, -0.05) is 24.9 Å². The van der Waals surface area contributed by atoms with Gasteiger partial charge in [0.25, 0.3) is 0 Å². The van der Waals surface area contributed by atoms with Crippen LogP contribution in [0.2, 0.25) is 4.34 Å². The number of likely N-dealkylation sites (tertiary alicyclic amines) is 1. The molecule has 1 saturated heterocycles. The Morgan fingerprint density at radius 1 is 1.17 bits per heavy atom. The molecule has 0 N–H and O–H groups in total. The van der Waals surface area contributed by atoms with Crippen molar-refractivity contribution in [1.82, 2.24) is 9.80 Å². The van der Waals surface area contributed by atoms with Crippen LogP contribution in [0.15, 0.2) is 12.1 Å². The fourth-order valence-electron chi connectivity index (χ4n) is 4.68. The molecule has 1 aliphatic heterocycles. The van der Waals surface area contributed by atoms with Crippen LogP contribution in [0.3, 0.4) is 0 Å². The topological polar surface area (TPSA) is 6.48 Å². The molecule has 0 bridgehead atoms. The first-order valence-corrected chi connectivity index (χ1v) is 10.3. The van der Waals surface area contributed by atoms with E-state index in [1.54, 1.807) is 11.3 Å². The summed E-state index contributed by atoms with van der Waals surface area (Å²) < 4.78 is 0.924. The molecule has 1 saturated carbocycles. The molecule has 0 amide bonds. The van der Waals surface area contributed by atoms with Crippen LogP contribution < -0.4 is 0 Å². The second kappa shape index (κ2) is 7.03. The Labute approximate surface area is 150 Å². The number of hydrogen-bond donors (Lipinski definition) is 0. The highest BCUT2D eigenvalue weighted by Gasteiger charge is 2.47. The number of hydrogen-bond acceptors (Lipinski definition) is 3. The summed E-state index contributed by atoms with van der Waals surface area (Å²) in [6, 6.07) is 4.33. The summed E-state index contributed by atoms with van der Waals surface area (Å²) in [5.41, 5.74) is 0.800. The highest BCUT2D eigenvalue weighted by molar-refractivity contribution is 7.16. The molecule has 2 fully saturated rings. The Kier molecular flexibility index (Phi) is 5.42. The van der Waals surface area contributed by atoms with E-state index >= 15 is 0 Å². The minimum Gasteiger partial charge on any atom is -0.303 e. The first-order valence-electron chi connectivity index (χ1n) is 9.15. The lowest BCUT2D eigenvalue weighted by molar-refractivity contribution is 0.0408. The summed E-state index contributed by atoms with van der Waals surface area (Å²) in [5, 5.41) is 0. The summed E-state index contributed by atoms with van der Waals surface area (Å²) in [4.78, 5) is 6.63. The monoisotopic (exact) mass is 354 g/mol. The molecule has 1 aliphatic carbocycles. The number of rotatable bonds is 5. The number of nitrogens with zero attached hydrogens (tertiary/aromatic N) is 2. The highest BCUT2D eigenvalue weighted by Crippen LogP contribution is 2.53. The van der Waals surface area contributed by atoms with Crippen LogP contribution >= 0.6 is 22.9 Å². The van der Waals surface area contributed by atoms with Gasteiger partial charge < -0.3 is 4.90 Å². The molecule has 1 spiro atoms. The van der Waals surface area contributed by atoms with Crippen molar-refractivity contribution < 1.29 is 0 Å². The smallest absolute Gasteiger partial charge is 0.0931 e. The summed E-state index contributed by atoms with van der Waals surface area (Å²) in [5.74, 6) is 0. The Hall–Kier alpha value is -0.0900. The van der Waals surface area contributed by atoms with Gasteiger partial charge in [-0.25, -0.2) is 0 Å². The van der Waals surface area contributed by atoms with E-state index in [0.717, 1.165) is 4.34 Å². The molecule has 2 nitrogen and oxygen atoms in total. The number of unbranched alkanes of at least 4 members (excludes halogenated alkanes) is 1. The lowest BCUT2D eigenvalue weighted by atomic mass is 9.66. The van der Waals surface area contributed by atoms with Gasteiger partial charge in [-0.15, -0.1) is 11.3 Å². The Balaban J connectivity index is 1.69. The van der Waals surface area contributed by atoms with E-state index in [1.807, 2.05) is 0 Å². The average molecular weight is 355 g/mol. The molecule has 23 heavy (non-hydrogen) atoms. The quantitative estimate of drug-likeness (QED) is 0.714. The lowest BCUT2D eigenvalue weighted by Crippen LogP contribution is -2.47. The summed E-state index contributed by atoms with van der Waals surface area (Å²) in [7, 11) is 4.49. The second-order valence-electron chi connectivity index (χ2n) is 7.91. The van der Waals surface area contributed by atoms with E-state index < -0.39 is 0 Å². The van der Waals surface area contributed by atoms with E-state index in [9.17, 15) is 0 Å². The second-order valence-corrected chi connectivity index (χ2v) is 9.62. The van der Waals surface area contributed by atoms with Crippen LogP contribution in [0.5, 0.6) is 0 Å². The molecule has 2 aliphatic rings. The van der Waals surface area contributed by atoms with Gasteiger partial charge in [-0.05, 0) is 83.3 Å². The van der Waals surface area contributed by atoms with Crippen molar-refractivity contribution in [3.8, 4) is 0 Å². The van der Waals surface area contributed by atoms with Crippen LogP contribution in [0, 0.1) is 5.41 Å². The van der Waals surface area contributed by atoms with Crippen molar-refractivity contribution >= 4 is 22.9 Å². The SMILES string of the molecule is CCCCN1CCC2(CCC(c3ccc(Cl)s3)(N(C)C)CC2)C1. The third-order valence-electron chi connectivity index (χ3n) is 6.37. The van der Waals surface area contributed by atoms with E-state index in [2.05, 4.69) is 43.0 Å². The molecule has 130 valence electrons. The van der Waals surface area contributed by atoms with Crippen molar-refractivity contribution in [2.45, 2.75) is 57.4 Å². The molecule has 0 aromatic carbocycles. The van der Waals surface area contributed by atoms with E-state index in [0.29, 0.717) is 5.41 Å². The summed E-state index contributed by atoms with van der Waals surface area (Å²) in [6.07, 6.45) is 9.35. The third-order valence-corrected chi connectivity index (χ3v) is 7.80. The largest absolute Gasteiger partial charge is 0.303 e. The highest BCUT2D eigenvalue weighted by atomic mass is 35.5. The maximum absolute atomic E-state index is 6.23. The standard InChI is InChI=1S/C19H31ClN2S/c1-4-5-13-22-14-12-18(15-22)8-10-19(11-9-18,21(2)3)16-6-7-17(20)23-16/h6-7H,4-5,8-15H2,1-3H3. The molecule has 1 aromatic heterocycles. The van der Waals surface area contributed by atoms with Gasteiger partial charge in [0.15, 0.2) is 0 Å². The zero-order valence-corrected chi connectivity index (χ0v) is 16.5. The molecule has 0 atom stereocenters. The van der Waals surface area contributed by atoms with Crippen molar-refractivity contribution in [3.63, 3.8) is 0 Å². The van der Waals surface area contributed by atoms with Crippen LogP contribution in [0.1, 0.15) is 56.7 Å². The van der Waals surface area contributed by atoms with Gasteiger partial charge in [0, 0.05) is 11.4 Å². The first-order chi connectivity index (χ1) is 11.0. The molecule has 0 radical (unpaired) electrons. The molecular weight excluding hydrogens is 324 g/mol. The van der Waals surface area contributed by atoms with E-state index in [1.165, 1.54) is 69.5 Å². The molecular formula is C19H31ClN2S. The molecule has 1 aromatic rings. The van der Waals surface area contributed by atoms with Gasteiger partial charge in [-0.2, -0.15) is 0 Å². The van der Waals surface area contributed by atoms with Crippen LogP contribution in [-0.2, 0) is 5.54 Å². The molecule has 3 rings (SSSR count). The summed E-state index contributed by atoms with van der Waals surface area (Å²) in [6.45, 7) is 6.25. The van der Waals surface area contributed by atoms with Gasteiger partial charge in [-0.3, -0.25) is 4.90 Å². The van der Waals surface area contributed by atoms with Crippen molar-refractivity contribution in [2.24, 2.45) is 5.41 Å². The number of thiophene rings is 1. The Morgan fingerprint density at radius 3 is 2.48 bits per heavy atom. The minimum atomic E-state index is 0.208. The van der Waals surface area contributed by atoms with Crippen LogP contribution in [-0.4, -0.2) is 43.5 Å². The maximum atomic E-state index is 6.23. The van der Waals surface area contributed by atoms with Gasteiger partial charge in [0.2, 0.25) is 0 Å². The van der Waals surface area contributed by atoms with Crippen molar-refractivity contribution in [1.29, 1.82) is 0 Å². The fourth-order valence-corrected chi connectivity index (χ4v) is 6.05. The molecule has 0 unspecified atom stereocenters. The first kappa shape index (κ1) is 17.7. The Morgan fingerprint density at radius 2 is 1.91 bits per heavy atom. The van der Waals surface area contributed by atoms with E-state index in [4.69, 9.17) is 11.6 Å². The zero-order valence-electron chi connectivity index (χ0n) is 14.9. The average Bonchev–Trinajstić information content (AvgIpc) is 3.14. The van der Waals surface area contributed by atoms with Crippen LogP contribution in [0.4, 0.5) is 0 Å². The number of halogens is 1. The van der Waals surface area contributed by atoms with Crippen molar-refractivity contribution in [2.75, 3.05) is 33.7 Å². The summed E-state index contributed by atoms with van der Waals surface area (Å²) >= 11 is 8.01. The van der Waals surface area contributed by atoms with Crippen LogP contribution in [0.25, 0.3) is 0 Å². The normalized spacial score (nSPS) is 32.2. The molecule has 4 heteroatoms. The maximum Gasteiger partial charge on any atom is 0.0931 e. The third kappa shape index (κ3) is 3.49. The molecule has 2 heterocycles. The van der Waals surface area contributed by atoms with Gasteiger partial charge >= 0.3 is 0 Å². The van der Waals surface area contributed by atoms with Gasteiger partial charge in [0.05, 0.1) is 9.88 Å². The predicted molar refractivity (Wildman–Crippen MR) is 102 cm³/mol. The van der Waals surface area contributed by atoms with Crippen molar-refractivity contribution in [3.05, 3.63) is 21.3 Å². The lowest BCUT2D eigenvalue weighted by Gasteiger charge is -2.48. The Bertz CT molecular complexity index is 517. The minimum absolute atomic E-state index is 0.208. The fraction of sp³-hybridized carbons (Fsp3) is 0.789. The predicted octanol–water partition coefficient (Wildman–Crippen LogP) is 5.22. The zero-order chi connectivity index (χ0) is 16.5.